The predicted octanol–water partition coefficient (Wildman–Crippen LogP) is -0.112. The summed E-state index contributed by atoms with van der Waals surface area (Å²) in [6.07, 6.45) is 1.71. The standard InChI is InChI=1S/C8H12O4/c9-3-1-2-7-6(5-10)4-8(11)12-7/h3,5-8,11H,1-2,4H2/t6-,7+,8?/m1/s1. The number of aldehydes is 2. The third-order valence-electron chi connectivity index (χ3n) is 2.03. The Morgan fingerprint density at radius 2 is 2.25 bits per heavy atom. The minimum absolute atomic E-state index is 0.250. The molecule has 0 aliphatic carbocycles. The second kappa shape index (κ2) is 4.33. The van der Waals surface area contributed by atoms with Gasteiger partial charge in [-0.1, -0.05) is 0 Å². The Balaban J connectivity index is 2.40. The van der Waals surface area contributed by atoms with Crippen LogP contribution in [0.4, 0.5) is 0 Å². The SMILES string of the molecule is O=CCC[C@@H]1OC(O)C[C@@H]1C=O. The summed E-state index contributed by atoms with van der Waals surface area (Å²) in [5, 5.41) is 9.03. The Morgan fingerprint density at radius 1 is 1.50 bits per heavy atom. The Kier molecular flexibility index (Phi) is 3.37. The lowest BCUT2D eigenvalue weighted by molar-refractivity contribution is -0.117. The number of aliphatic hydroxyl groups excluding tert-OH is 1. The number of hydrogen-bond acceptors (Lipinski definition) is 4. The van der Waals surface area contributed by atoms with E-state index >= 15 is 0 Å². The molecule has 1 saturated heterocycles. The van der Waals surface area contributed by atoms with Crippen LogP contribution in [0.5, 0.6) is 0 Å². The van der Waals surface area contributed by atoms with Crippen LogP contribution in [0.2, 0.25) is 0 Å². The maximum Gasteiger partial charge on any atom is 0.155 e. The van der Waals surface area contributed by atoms with E-state index in [1.807, 2.05) is 0 Å². The monoisotopic (exact) mass is 172 g/mol. The number of ether oxygens (including phenoxy) is 1. The Morgan fingerprint density at radius 3 is 2.83 bits per heavy atom. The van der Waals surface area contributed by atoms with E-state index in [1.54, 1.807) is 0 Å². The minimum Gasteiger partial charge on any atom is -0.368 e. The second-order valence-corrected chi connectivity index (χ2v) is 2.91. The van der Waals surface area contributed by atoms with Gasteiger partial charge in [0, 0.05) is 18.8 Å². The van der Waals surface area contributed by atoms with E-state index in [1.165, 1.54) is 0 Å². The maximum absolute atomic E-state index is 10.4. The Hall–Kier alpha value is -0.740. The number of carbonyl (C=O) groups excluding carboxylic acids is 2. The highest BCUT2D eigenvalue weighted by Crippen LogP contribution is 2.26. The second-order valence-electron chi connectivity index (χ2n) is 2.91. The molecule has 0 bridgehead atoms. The molecule has 68 valence electrons. The van der Waals surface area contributed by atoms with E-state index in [0.29, 0.717) is 19.3 Å². The lowest BCUT2D eigenvalue weighted by Gasteiger charge is -2.10. The summed E-state index contributed by atoms with van der Waals surface area (Å²) in [6, 6.07) is 0. The van der Waals surface area contributed by atoms with Crippen LogP contribution in [0.3, 0.4) is 0 Å². The van der Waals surface area contributed by atoms with Gasteiger partial charge in [0.15, 0.2) is 6.29 Å². The van der Waals surface area contributed by atoms with Crippen molar-refractivity contribution in [3.8, 4) is 0 Å². The molecule has 4 heteroatoms. The zero-order valence-electron chi connectivity index (χ0n) is 6.68. The normalized spacial score (nSPS) is 34.9. The number of carbonyl (C=O) groups is 2. The fourth-order valence-electron chi connectivity index (χ4n) is 1.40. The Bertz CT molecular complexity index is 168. The quantitative estimate of drug-likeness (QED) is 0.601. The van der Waals surface area contributed by atoms with Gasteiger partial charge in [-0.15, -0.1) is 0 Å². The van der Waals surface area contributed by atoms with E-state index in [9.17, 15) is 9.59 Å². The van der Waals surface area contributed by atoms with Crippen molar-refractivity contribution >= 4 is 12.6 Å². The first-order valence-electron chi connectivity index (χ1n) is 4.00. The molecule has 0 aromatic carbocycles. The number of hydrogen-bond donors (Lipinski definition) is 1. The summed E-state index contributed by atoms with van der Waals surface area (Å²) in [4.78, 5) is 20.5. The topological polar surface area (TPSA) is 63.6 Å². The largest absolute Gasteiger partial charge is 0.368 e. The molecule has 1 N–H and O–H groups in total. The average molecular weight is 172 g/mol. The van der Waals surface area contributed by atoms with E-state index in [-0.39, 0.29) is 12.0 Å². The van der Waals surface area contributed by atoms with Crippen LogP contribution in [0, 0.1) is 5.92 Å². The van der Waals surface area contributed by atoms with Crippen molar-refractivity contribution in [2.24, 2.45) is 5.92 Å². The van der Waals surface area contributed by atoms with Gasteiger partial charge in [0.1, 0.15) is 12.6 Å². The molecule has 4 nitrogen and oxygen atoms in total. The fraction of sp³-hybridized carbons (Fsp3) is 0.750. The zero-order chi connectivity index (χ0) is 8.97. The highest BCUT2D eigenvalue weighted by atomic mass is 16.6. The van der Waals surface area contributed by atoms with Gasteiger partial charge in [-0.25, -0.2) is 0 Å². The summed E-state index contributed by atoms with van der Waals surface area (Å²) in [5.41, 5.74) is 0. The first-order chi connectivity index (χ1) is 5.77. The van der Waals surface area contributed by atoms with Crippen LogP contribution in [-0.4, -0.2) is 30.1 Å². The van der Waals surface area contributed by atoms with Gasteiger partial charge >= 0.3 is 0 Å². The molecule has 1 fully saturated rings. The number of rotatable bonds is 4. The van der Waals surface area contributed by atoms with Crippen molar-refractivity contribution < 1.29 is 19.4 Å². The van der Waals surface area contributed by atoms with Crippen molar-refractivity contribution in [3.05, 3.63) is 0 Å². The molecule has 1 aliphatic rings. The smallest absolute Gasteiger partial charge is 0.155 e. The molecule has 1 unspecified atom stereocenters. The molecular formula is C8H12O4. The minimum atomic E-state index is -0.836. The zero-order valence-corrected chi connectivity index (χ0v) is 6.68. The van der Waals surface area contributed by atoms with Gasteiger partial charge in [-0.2, -0.15) is 0 Å². The molecule has 12 heavy (non-hydrogen) atoms. The first-order valence-corrected chi connectivity index (χ1v) is 4.00. The van der Waals surface area contributed by atoms with Gasteiger partial charge in [0.2, 0.25) is 0 Å². The van der Waals surface area contributed by atoms with Crippen LogP contribution >= 0.6 is 0 Å². The summed E-state index contributed by atoms with van der Waals surface area (Å²) < 4.78 is 5.03. The van der Waals surface area contributed by atoms with Gasteiger partial charge < -0.3 is 19.4 Å². The van der Waals surface area contributed by atoms with Crippen molar-refractivity contribution in [2.45, 2.75) is 31.7 Å². The fourth-order valence-corrected chi connectivity index (χ4v) is 1.40. The highest BCUT2D eigenvalue weighted by molar-refractivity contribution is 5.55. The van der Waals surface area contributed by atoms with Crippen LogP contribution in [0.1, 0.15) is 19.3 Å². The van der Waals surface area contributed by atoms with E-state index < -0.39 is 6.29 Å². The molecule has 1 rings (SSSR count). The highest BCUT2D eigenvalue weighted by Gasteiger charge is 2.33. The molecule has 0 radical (unpaired) electrons. The van der Waals surface area contributed by atoms with Gasteiger partial charge in [0.25, 0.3) is 0 Å². The molecule has 0 aromatic rings. The Labute approximate surface area is 70.5 Å². The predicted molar refractivity (Wildman–Crippen MR) is 40.3 cm³/mol. The summed E-state index contributed by atoms with van der Waals surface area (Å²) in [6.45, 7) is 0. The molecule has 0 saturated carbocycles. The first kappa shape index (κ1) is 9.35. The van der Waals surface area contributed by atoms with Gasteiger partial charge in [-0.05, 0) is 6.42 Å². The summed E-state index contributed by atoms with van der Waals surface area (Å²) >= 11 is 0. The maximum atomic E-state index is 10.4. The molecule has 1 aliphatic heterocycles. The molecule has 0 spiro atoms. The number of aliphatic hydroxyl groups is 1. The summed E-state index contributed by atoms with van der Waals surface area (Å²) in [5.74, 6) is -0.250. The molecular weight excluding hydrogens is 160 g/mol. The van der Waals surface area contributed by atoms with Crippen LogP contribution in [-0.2, 0) is 14.3 Å². The van der Waals surface area contributed by atoms with Crippen LogP contribution in [0.25, 0.3) is 0 Å². The van der Waals surface area contributed by atoms with Crippen molar-refractivity contribution in [2.75, 3.05) is 0 Å². The third-order valence-corrected chi connectivity index (χ3v) is 2.03. The lowest BCUT2D eigenvalue weighted by atomic mass is 10.00. The molecule has 1 heterocycles. The van der Waals surface area contributed by atoms with Gasteiger partial charge in [-0.3, -0.25) is 0 Å². The van der Waals surface area contributed by atoms with Crippen molar-refractivity contribution in [1.82, 2.24) is 0 Å². The van der Waals surface area contributed by atoms with Crippen molar-refractivity contribution in [3.63, 3.8) is 0 Å². The molecule has 0 aromatic heterocycles. The lowest BCUT2D eigenvalue weighted by Crippen LogP contribution is -2.17. The van der Waals surface area contributed by atoms with Gasteiger partial charge in [0.05, 0.1) is 6.10 Å². The van der Waals surface area contributed by atoms with Crippen molar-refractivity contribution in [1.29, 1.82) is 0 Å². The third kappa shape index (κ3) is 2.12. The van der Waals surface area contributed by atoms with Crippen LogP contribution < -0.4 is 0 Å². The molecule has 0 amide bonds. The van der Waals surface area contributed by atoms with E-state index in [4.69, 9.17) is 9.84 Å². The van der Waals surface area contributed by atoms with E-state index in [2.05, 4.69) is 0 Å². The van der Waals surface area contributed by atoms with Crippen LogP contribution in [0.15, 0.2) is 0 Å². The molecule has 3 atom stereocenters. The summed E-state index contributed by atoms with van der Waals surface area (Å²) in [7, 11) is 0. The average Bonchev–Trinajstić information content (AvgIpc) is 2.42. The van der Waals surface area contributed by atoms with E-state index in [0.717, 1.165) is 12.6 Å².